The Morgan fingerprint density at radius 1 is 1.40 bits per heavy atom. The van der Waals surface area contributed by atoms with Crippen LogP contribution in [0.25, 0.3) is 0 Å². The van der Waals surface area contributed by atoms with Crippen molar-refractivity contribution in [3.8, 4) is 5.75 Å². The number of benzene rings is 1. The summed E-state index contributed by atoms with van der Waals surface area (Å²) in [7, 11) is -2.81. The molecule has 0 fully saturated rings. The second-order valence-corrected chi connectivity index (χ2v) is 8.95. The highest BCUT2D eigenvalue weighted by Gasteiger charge is 2.34. The zero-order valence-corrected chi connectivity index (χ0v) is 17.3. The van der Waals surface area contributed by atoms with E-state index in [0.29, 0.717) is 0 Å². The first-order valence-electron chi connectivity index (χ1n) is 8.96. The van der Waals surface area contributed by atoms with Gasteiger partial charge in [-0.3, -0.25) is 14.2 Å². The van der Waals surface area contributed by atoms with Gasteiger partial charge in [0.15, 0.2) is 5.69 Å². The van der Waals surface area contributed by atoms with E-state index in [1.54, 1.807) is 13.8 Å². The number of nitrogens with zero attached hydrogens (tertiary/aromatic N) is 2. The van der Waals surface area contributed by atoms with Gasteiger partial charge in [0.1, 0.15) is 17.2 Å². The van der Waals surface area contributed by atoms with Crippen molar-refractivity contribution in [3.63, 3.8) is 0 Å². The van der Waals surface area contributed by atoms with Crippen LogP contribution >= 0.6 is 0 Å². The number of rotatable bonds is 5. The van der Waals surface area contributed by atoms with Crippen LogP contribution in [-0.2, 0) is 33.5 Å². The number of halogens is 1. The van der Waals surface area contributed by atoms with Gasteiger partial charge >= 0.3 is 0 Å². The number of carbonyl (C=O) groups is 1. The molecule has 10 nitrogen and oxygen atoms in total. The molecule has 3 N–H and O–H groups in total. The number of hydrogen-bond acceptors (Lipinski definition) is 7. The van der Waals surface area contributed by atoms with Crippen molar-refractivity contribution in [2.24, 2.45) is 0 Å². The van der Waals surface area contributed by atoms with E-state index in [1.807, 2.05) is 0 Å². The maximum absolute atomic E-state index is 13.5. The number of carbonyl (C=O) groups excluding carboxylic acids is 1. The van der Waals surface area contributed by atoms with Crippen LogP contribution in [0.1, 0.15) is 35.7 Å². The quantitative estimate of drug-likeness (QED) is 0.603. The molecule has 0 spiro atoms. The van der Waals surface area contributed by atoms with Gasteiger partial charge in [-0.25, -0.2) is 22.5 Å². The summed E-state index contributed by atoms with van der Waals surface area (Å²) < 4.78 is 46.7. The van der Waals surface area contributed by atoms with Gasteiger partial charge < -0.3 is 15.2 Å². The number of amides is 1. The summed E-state index contributed by atoms with van der Waals surface area (Å²) in [6, 6.07) is 3.09. The molecule has 1 aromatic carbocycles. The Labute approximate surface area is 171 Å². The van der Waals surface area contributed by atoms with Crippen molar-refractivity contribution in [3.05, 3.63) is 51.5 Å². The van der Waals surface area contributed by atoms with Gasteiger partial charge in [0.25, 0.3) is 11.5 Å². The van der Waals surface area contributed by atoms with E-state index in [9.17, 15) is 27.5 Å². The first-order chi connectivity index (χ1) is 14.0. The number of aromatic nitrogens is 2. The zero-order valence-electron chi connectivity index (χ0n) is 16.5. The Morgan fingerprint density at radius 3 is 2.77 bits per heavy atom. The normalized spacial score (nSPS) is 15.5. The van der Waals surface area contributed by atoms with E-state index >= 15 is 0 Å². The molecule has 0 saturated carbocycles. The summed E-state index contributed by atoms with van der Waals surface area (Å²) in [5.74, 6) is -2.30. The molecular formula is C18H21FN4O6S. The Balaban J connectivity index is 1.94. The lowest BCUT2D eigenvalue weighted by Gasteiger charge is -2.32. The molecule has 3 rings (SSSR count). The lowest BCUT2D eigenvalue weighted by atomic mass is 10.1. The molecule has 1 aromatic heterocycles. The third kappa shape index (κ3) is 3.93. The van der Waals surface area contributed by atoms with Crippen LogP contribution in [0, 0.1) is 5.82 Å². The summed E-state index contributed by atoms with van der Waals surface area (Å²) in [5, 5.41) is 12.6. The first kappa shape index (κ1) is 21.9. The molecule has 0 unspecified atom stereocenters. The maximum Gasteiger partial charge on any atom is 0.296 e. The van der Waals surface area contributed by atoms with Crippen LogP contribution in [0.4, 0.5) is 4.39 Å². The van der Waals surface area contributed by atoms with Crippen LogP contribution in [0.3, 0.4) is 0 Å². The molecule has 1 amide bonds. The highest BCUT2D eigenvalue weighted by Crippen LogP contribution is 2.27. The molecule has 0 bridgehead atoms. The molecule has 0 atom stereocenters. The van der Waals surface area contributed by atoms with Gasteiger partial charge in [0.05, 0.1) is 18.0 Å². The minimum Gasteiger partial charge on any atom is -0.501 e. The molecule has 12 heteroatoms. The van der Waals surface area contributed by atoms with Crippen LogP contribution < -0.4 is 15.6 Å². The Bertz CT molecular complexity index is 1180. The van der Waals surface area contributed by atoms with Crippen molar-refractivity contribution in [2.45, 2.75) is 37.4 Å². The standard InChI is InChI=1S/C18H21FN4O6S/c1-18(2)17-22-13(14(24)16(26)23(17)6-7-29-18)15(25)21-9-10-4-5-11(19)8-12(10)30(27,28)20-3/h4-5,8,20,24H,6-7,9H2,1-3H3,(H,21,25). The van der Waals surface area contributed by atoms with E-state index in [2.05, 4.69) is 15.0 Å². The zero-order chi connectivity index (χ0) is 22.3. The molecule has 0 radical (unpaired) electrons. The smallest absolute Gasteiger partial charge is 0.296 e. The number of hydrogen-bond donors (Lipinski definition) is 3. The molecule has 162 valence electrons. The van der Waals surface area contributed by atoms with Crippen molar-refractivity contribution >= 4 is 15.9 Å². The fourth-order valence-electron chi connectivity index (χ4n) is 3.12. The summed E-state index contributed by atoms with van der Waals surface area (Å²) in [6.07, 6.45) is 0. The van der Waals surface area contributed by atoms with Gasteiger partial charge in [-0.1, -0.05) is 6.07 Å². The summed E-state index contributed by atoms with van der Waals surface area (Å²) in [4.78, 5) is 28.9. The minimum atomic E-state index is -3.98. The molecule has 0 aliphatic carbocycles. The third-order valence-electron chi connectivity index (χ3n) is 4.70. The van der Waals surface area contributed by atoms with Crippen molar-refractivity contribution < 1.29 is 27.4 Å². The van der Waals surface area contributed by atoms with Crippen LogP contribution in [0.15, 0.2) is 27.9 Å². The van der Waals surface area contributed by atoms with E-state index < -0.39 is 44.4 Å². The lowest BCUT2D eigenvalue weighted by molar-refractivity contribution is -0.0566. The van der Waals surface area contributed by atoms with Gasteiger partial charge in [-0.2, -0.15) is 0 Å². The minimum absolute atomic E-state index is 0.108. The monoisotopic (exact) mass is 440 g/mol. The second-order valence-electron chi connectivity index (χ2n) is 7.09. The van der Waals surface area contributed by atoms with Crippen molar-refractivity contribution in [1.29, 1.82) is 0 Å². The fourth-order valence-corrected chi connectivity index (χ4v) is 4.09. The summed E-state index contributed by atoms with van der Waals surface area (Å²) >= 11 is 0. The van der Waals surface area contributed by atoms with Crippen LogP contribution in [0.5, 0.6) is 5.75 Å². The van der Waals surface area contributed by atoms with Crippen molar-refractivity contribution in [2.75, 3.05) is 13.7 Å². The molecule has 30 heavy (non-hydrogen) atoms. The van der Waals surface area contributed by atoms with E-state index in [-0.39, 0.29) is 36.0 Å². The maximum atomic E-state index is 13.5. The number of sulfonamides is 1. The number of aromatic hydroxyl groups is 1. The van der Waals surface area contributed by atoms with Gasteiger partial charge in [-0.15, -0.1) is 0 Å². The number of nitrogens with one attached hydrogen (secondary N) is 2. The average molecular weight is 440 g/mol. The predicted octanol–water partition coefficient (Wildman–Crippen LogP) is 0.191. The van der Waals surface area contributed by atoms with E-state index in [1.165, 1.54) is 17.7 Å². The van der Waals surface area contributed by atoms with Gasteiger partial charge in [-0.05, 0) is 38.6 Å². The Kier molecular flexibility index (Phi) is 5.67. The Morgan fingerprint density at radius 2 is 2.10 bits per heavy atom. The Hall–Kier alpha value is -2.83. The predicted molar refractivity (Wildman–Crippen MR) is 103 cm³/mol. The topological polar surface area (TPSA) is 140 Å². The lowest BCUT2D eigenvalue weighted by Crippen LogP contribution is -2.42. The van der Waals surface area contributed by atoms with Gasteiger partial charge in [0, 0.05) is 6.54 Å². The largest absolute Gasteiger partial charge is 0.501 e. The highest BCUT2D eigenvalue weighted by atomic mass is 32.2. The van der Waals surface area contributed by atoms with E-state index in [4.69, 9.17) is 4.74 Å². The summed E-state index contributed by atoms with van der Waals surface area (Å²) in [5.41, 5.74) is -2.13. The summed E-state index contributed by atoms with van der Waals surface area (Å²) in [6.45, 7) is 3.47. The fraction of sp³-hybridized carbons (Fsp3) is 0.389. The molecule has 2 heterocycles. The molecule has 0 saturated heterocycles. The number of fused-ring (bicyclic) bond motifs is 1. The van der Waals surface area contributed by atoms with Crippen molar-refractivity contribution in [1.82, 2.24) is 19.6 Å². The van der Waals surface area contributed by atoms with Crippen LogP contribution in [-0.4, -0.2) is 42.6 Å². The number of ether oxygens (including phenoxy) is 1. The second kappa shape index (κ2) is 7.78. The van der Waals surface area contributed by atoms with Gasteiger partial charge in [0.2, 0.25) is 15.8 Å². The molecule has 2 aromatic rings. The first-order valence-corrected chi connectivity index (χ1v) is 10.4. The SMILES string of the molecule is CNS(=O)(=O)c1cc(F)ccc1CNC(=O)c1nc2n(c(=O)c1O)CCOC2(C)C. The highest BCUT2D eigenvalue weighted by molar-refractivity contribution is 7.89. The third-order valence-corrected chi connectivity index (χ3v) is 6.20. The molecule has 1 aliphatic heterocycles. The van der Waals surface area contributed by atoms with E-state index in [0.717, 1.165) is 12.1 Å². The average Bonchev–Trinajstić information content (AvgIpc) is 2.69. The molecular weight excluding hydrogens is 419 g/mol. The van der Waals surface area contributed by atoms with Crippen LogP contribution in [0.2, 0.25) is 0 Å². The molecule has 1 aliphatic rings.